The zero-order chi connectivity index (χ0) is 24.8. The fourth-order valence-electron chi connectivity index (χ4n) is 6.02. The number of Topliss-reactive ketones (excluding diaryl/α,β-unsaturated/α-hetero) is 1. The van der Waals surface area contributed by atoms with Crippen LogP contribution in [0.3, 0.4) is 0 Å². The highest BCUT2D eigenvalue weighted by Gasteiger charge is 2.46. The molecule has 5 atom stereocenters. The summed E-state index contributed by atoms with van der Waals surface area (Å²) in [5, 5.41) is 0. The van der Waals surface area contributed by atoms with E-state index in [1.807, 2.05) is 6.07 Å². The lowest BCUT2D eigenvalue weighted by atomic mass is 9.75. The summed E-state index contributed by atoms with van der Waals surface area (Å²) >= 11 is 0. The van der Waals surface area contributed by atoms with E-state index in [1.54, 1.807) is 12.1 Å². The molecule has 34 heavy (non-hydrogen) atoms. The van der Waals surface area contributed by atoms with E-state index in [0.29, 0.717) is 31.5 Å². The van der Waals surface area contributed by atoms with Gasteiger partial charge in [0, 0.05) is 60.2 Å². The minimum Gasteiger partial charge on any atom is -0.366 e. The fraction of sp³-hybridized carbons (Fsp3) is 0.536. The first-order valence-electron chi connectivity index (χ1n) is 12.2. The molecule has 0 N–H and O–H groups in total. The van der Waals surface area contributed by atoms with Crippen molar-refractivity contribution in [2.24, 2.45) is 11.8 Å². The number of piperidine rings is 1. The summed E-state index contributed by atoms with van der Waals surface area (Å²) < 4.78 is 42.2. The Morgan fingerprint density at radius 2 is 1.56 bits per heavy atom. The molecule has 2 aromatic carbocycles. The van der Waals surface area contributed by atoms with E-state index in [9.17, 15) is 18.0 Å². The van der Waals surface area contributed by atoms with Crippen molar-refractivity contribution in [3.63, 3.8) is 0 Å². The number of hydrogen-bond donors (Lipinski definition) is 0. The highest BCUT2D eigenvalue weighted by atomic mass is 19.1. The van der Waals surface area contributed by atoms with Crippen molar-refractivity contribution >= 4 is 11.5 Å². The van der Waals surface area contributed by atoms with Crippen LogP contribution in [-0.2, 0) is 4.79 Å². The number of rotatable bonds is 4. The van der Waals surface area contributed by atoms with Gasteiger partial charge in [-0.3, -0.25) is 9.69 Å². The summed E-state index contributed by atoms with van der Waals surface area (Å²) in [6, 6.07) is 10.4. The van der Waals surface area contributed by atoms with Gasteiger partial charge in [0.1, 0.15) is 23.2 Å². The maximum atomic E-state index is 14.8. The maximum Gasteiger partial charge on any atom is 0.141 e. The largest absolute Gasteiger partial charge is 0.366 e. The average molecular weight is 473 g/mol. The van der Waals surface area contributed by atoms with E-state index in [1.165, 1.54) is 18.2 Å². The molecule has 2 fully saturated rings. The molecule has 0 amide bonds. The van der Waals surface area contributed by atoms with Crippen LogP contribution in [0.25, 0.3) is 0 Å². The van der Waals surface area contributed by atoms with Crippen LogP contribution in [0.1, 0.15) is 58.9 Å². The van der Waals surface area contributed by atoms with Crippen molar-refractivity contribution in [2.45, 2.75) is 71.0 Å². The molecule has 184 valence electrons. The van der Waals surface area contributed by atoms with E-state index < -0.39 is 11.6 Å². The lowest BCUT2D eigenvalue weighted by Gasteiger charge is -2.44. The third kappa shape index (κ3) is 4.88. The zero-order valence-corrected chi connectivity index (χ0v) is 20.7. The molecule has 6 heteroatoms. The lowest BCUT2D eigenvalue weighted by Crippen LogP contribution is -2.49. The number of benzene rings is 2. The molecule has 2 aliphatic heterocycles. The van der Waals surface area contributed by atoms with Crippen LogP contribution in [0.2, 0.25) is 0 Å². The van der Waals surface area contributed by atoms with E-state index in [4.69, 9.17) is 0 Å². The molecule has 0 aliphatic carbocycles. The second kappa shape index (κ2) is 9.37. The zero-order valence-electron chi connectivity index (χ0n) is 20.7. The standard InChI is InChI=1S/C28H35F3N2O/c1-17-11-19(12-18(2)33(17)22-8-6-7-20(29)13-22)27(34)25-16-32(28(3,4)5)15-24(25)23-10-9-21(30)14-26(23)31/h6-10,13-14,17-19,24-25H,11-12,15-16H2,1-5H3/t17-,18+,19?,24-,25+/m1/s1. The van der Waals surface area contributed by atoms with Crippen molar-refractivity contribution in [3.05, 3.63) is 65.5 Å². The van der Waals surface area contributed by atoms with Gasteiger partial charge in [-0.2, -0.15) is 0 Å². The van der Waals surface area contributed by atoms with Gasteiger partial charge in [-0.25, -0.2) is 13.2 Å². The Balaban J connectivity index is 1.58. The molecule has 0 bridgehead atoms. The number of likely N-dealkylation sites (tertiary alicyclic amines) is 1. The van der Waals surface area contributed by atoms with Gasteiger partial charge in [-0.1, -0.05) is 12.1 Å². The smallest absolute Gasteiger partial charge is 0.141 e. The summed E-state index contributed by atoms with van der Waals surface area (Å²) in [5.74, 6) is -2.09. The van der Waals surface area contributed by atoms with Crippen molar-refractivity contribution in [2.75, 3.05) is 18.0 Å². The molecular weight excluding hydrogens is 437 g/mol. The second-order valence-corrected chi connectivity index (χ2v) is 11.1. The minimum atomic E-state index is -0.609. The van der Waals surface area contributed by atoms with Crippen LogP contribution in [0.5, 0.6) is 0 Å². The van der Waals surface area contributed by atoms with Crippen LogP contribution in [-0.4, -0.2) is 41.4 Å². The van der Waals surface area contributed by atoms with Gasteiger partial charge >= 0.3 is 0 Å². The van der Waals surface area contributed by atoms with Crippen LogP contribution >= 0.6 is 0 Å². The van der Waals surface area contributed by atoms with Crippen LogP contribution < -0.4 is 4.90 Å². The number of anilines is 1. The van der Waals surface area contributed by atoms with Crippen LogP contribution in [0.15, 0.2) is 42.5 Å². The molecule has 3 nitrogen and oxygen atoms in total. The highest BCUT2D eigenvalue weighted by molar-refractivity contribution is 5.85. The van der Waals surface area contributed by atoms with Gasteiger partial charge in [0.05, 0.1) is 0 Å². The Hall–Kier alpha value is -2.34. The van der Waals surface area contributed by atoms with Crippen LogP contribution in [0, 0.1) is 29.3 Å². The van der Waals surface area contributed by atoms with E-state index in [2.05, 4.69) is 44.4 Å². The summed E-state index contributed by atoms with van der Waals surface area (Å²) in [6.07, 6.45) is 1.34. The Morgan fingerprint density at radius 1 is 0.912 bits per heavy atom. The van der Waals surface area contributed by atoms with Gasteiger partial charge in [0.15, 0.2) is 0 Å². The fourth-order valence-corrected chi connectivity index (χ4v) is 6.02. The predicted octanol–water partition coefficient (Wildman–Crippen LogP) is 6.18. The minimum absolute atomic E-state index is 0.0700. The maximum absolute atomic E-state index is 14.8. The predicted molar refractivity (Wildman–Crippen MR) is 129 cm³/mol. The van der Waals surface area contributed by atoms with Crippen molar-refractivity contribution in [3.8, 4) is 0 Å². The molecule has 0 radical (unpaired) electrons. The van der Waals surface area contributed by atoms with Crippen molar-refractivity contribution < 1.29 is 18.0 Å². The Morgan fingerprint density at radius 3 is 2.15 bits per heavy atom. The molecular formula is C28H35F3N2O. The van der Waals surface area contributed by atoms with Crippen molar-refractivity contribution in [1.29, 1.82) is 0 Å². The Kier molecular flexibility index (Phi) is 6.83. The molecule has 2 heterocycles. The summed E-state index contributed by atoms with van der Waals surface area (Å²) in [7, 11) is 0. The molecule has 0 saturated carbocycles. The summed E-state index contributed by atoms with van der Waals surface area (Å²) in [4.78, 5) is 18.3. The normalized spacial score (nSPS) is 28.4. The monoisotopic (exact) mass is 472 g/mol. The van der Waals surface area contributed by atoms with Gasteiger partial charge in [0.2, 0.25) is 0 Å². The van der Waals surface area contributed by atoms with Crippen LogP contribution in [0.4, 0.5) is 18.9 Å². The van der Waals surface area contributed by atoms with E-state index >= 15 is 0 Å². The first kappa shape index (κ1) is 24.8. The molecule has 2 aliphatic rings. The molecule has 2 saturated heterocycles. The third-order valence-electron chi connectivity index (χ3n) is 7.71. The molecule has 0 spiro atoms. The first-order chi connectivity index (χ1) is 16.0. The van der Waals surface area contributed by atoms with Gasteiger partial charge < -0.3 is 4.90 Å². The lowest BCUT2D eigenvalue weighted by molar-refractivity contribution is -0.128. The molecule has 4 rings (SSSR count). The Bertz CT molecular complexity index is 1040. The quantitative estimate of drug-likeness (QED) is 0.531. The molecule has 2 aromatic rings. The summed E-state index contributed by atoms with van der Waals surface area (Å²) in [6.45, 7) is 11.6. The SMILES string of the molecule is C[C@@H]1CC(C(=O)[C@H]2CN(C(C)(C)C)C[C@@H]2c2ccc(F)cc2F)C[C@H](C)N1c1cccc(F)c1. The number of carbonyl (C=O) groups is 1. The first-order valence-corrected chi connectivity index (χ1v) is 12.2. The molecule has 1 unspecified atom stereocenters. The highest BCUT2D eigenvalue weighted by Crippen LogP contribution is 2.42. The topological polar surface area (TPSA) is 23.6 Å². The second-order valence-electron chi connectivity index (χ2n) is 11.1. The number of carbonyl (C=O) groups excluding carboxylic acids is 1. The number of halogens is 3. The van der Waals surface area contributed by atoms with E-state index in [0.717, 1.165) is 11.8 Å². The molecule has 0 aromatic heterocycles. The number of nitrogens with zero attached hydrogens (tertiary/aromatic N) is 2. The van der Waals surface area contributed by atoms with E-state index in [-0.39, 0.29) is 47.0 Å². The van der Waals surface area contributed by atoms with Gasteiger partial charge in [-0.15, -0.1) is 0 Å². The van der Waals surface area contributed by atoms with Crippen molar-refractivity contribution in [1.82, 2.24) is 4.90 Å². The third-order valence-corrected chi connectivity index (χ3v) is 7.71. The van der Waals surface area contributed by atoms with Gasteiger partial charge in [-0.05, 0) is 77.3 Å². The Labute approximate surface area is 200 Å². The number of hydrogen-bond acceptors (Lipinski definition) is 3. The number of ketones is 1. The average Bonchev–Trinajstić information content (AvgIpc) is 3.18. The summed E-state index contributed by atoms with van der Waals surface area (Å²) in [5.41, 5.74) is 1.09. The van der Waals surface area contributed by atoms with Gasteiger partial charge in [0.25, 0.3) is 0 Å².